The molecule has 5 heteroatoms. The summed E-state index contributed by atoms with van der Waals surface area (Å²) in [4.78, 5) is 14.2. The van der Waals surface area contributed by atoms with Gasteiger partial charge in [-0.1, -0.05) is 0 Å². The molecule has 1 unspecified atom stereocenters. The maximum Gasteiger partial charge on any atom is 0.224 e. The summed E-state index contributed by atoms with van der Waals surface area (Å²) in [6.45, 7) is 3.92. The Labute approximate surface area is 110 Å². The van der Waals surface area contributed by atoms with Crippen LogP contribution < -0.4 is 10.6 Å². The number of likely N-dealkylation sites (tertiary alicyclic amines) is 1. The van der Waals surface area contributed by atoms with Crippen LogP contribution in [0.1, 0.15) is 25.7 Å². The highest BCUT2D eigenvalue weighted by molar-refractivity contribution is 5.85. The van der Waals surface area contributed by atoms with Gasteiger partial charge in [0.15, 0.2) is 0 Å². The van der Waals surface area contributed by atoms with Gasteiger partial charge in [-0.15, -0.1) is 12.4 Å². The van der Waals surface area contributed by atoms with E-state index in [1.165, 1.54) is 19.4 Å². The summed E-state index contributed by atoms with van der Waals surface area (Å²) in [6.07, 6.45) is 4.66. The van der Waals surface area contributed by atoms with Gasteiger partial charge < -0.3 is 15.5 Å². The number of amides is 1. The Bertz CT molecular complexity index is 244. The van der Waals surface area contributed by atoms with Crippen molar-refractivity contribution in [2.75, 3.05) is 33.2 Å². The van der Waals surface area contributed by atoms with Crippen molar-refractivity contribution < 1.29 is 4.79 Å². The third-order valence-electron chi connectivity index (χ3n) is 3.85. The number of carbonyl (C=O) groups is 1. The van der Waals surface area contributed by atoms with Gasteiger partial charge in [0.1, 0.15) is 0 Å². The zero-order valence-corrected chi connectivity index (χ0v) is 11.4. The molecular formula is C12H24ClN3O. The summed E-state index contributed by atoms with van der Waals surface area (Å²) in [5, 5.41) is 6.39. The lowest BCUT2D eigenvalue weighted by atomic mass is 9.99. The van der Waals surface area contributed by atoms with Crippen LogP contribution in [0, 0.1) is 5.92 Å². The van der Waals surface area contributed by atoms with Crippen LogP contribution in [0.2, 0.25) is 0 Å². The van der Waals surface area contributed by atoms with Crippen molar-refractivity contribution in [3.05, 3.63) is 0 Å². The van der Waals surface area contributed by atoms with Gasteiger partial charge in [0.25, 0.3) is 0 Å². The molecule has 2 fully saturated rings. The zero-order chi connectivity index (χ0) is 11.4. The number of nitrogens with one attached hydrogen (secondary N) is 2. The van der Waals surface area contributed by atoms with Gasteiger partial charge in [-0.25, -0.2) is 0 Å². The highest BCUT2D eigenvalue weighted by Gasteiger charge is 2.24. The first-order valence-corrected chi connectivity index (χ1v) is 6.46. The highest BCUT2D eigenvalue weighted by Crippen LogP contribution is 2.14. The van der Waals surface area contributed by atoms with Gasteiger partial charge in [0, 0.05) is 19.1 Å². The summed E-state index contributed by atoms with van der Waals surface area (Å²) in [7, 11) is 2.14. The Balaban J connectivity index is 0.00000144. The van der Waals surface area contributed by atoms with Crippen molar-refractivity contribution in [1.29, 1.82) is 0 Å². The van der Waals surface area contributed by atoms with Crippen LogP contribution in [0.4, 0.5) is 0 Å². The molecule has 2 rings (SSSR count). The first kappa shape index (κ1) is 14.7. The predicted octanol–water partition coefficient (Wildman–Crippen LogP) is 0.618. The second-order valence-corrected chi connectivity index (χ2v) is 5.07. The molecule has 0 aromatic rings. The van der Waals surface area contributed by atoms with Gasteiger partial charge in [-0.3, -0.25) is 4.79 Å². The third-order valence-corrected chi connectivity index (χ3v) is 3.85. The lowest BCUT2D eigenvalue weighted by Gasteiger charge is -2.24. The standard InChI is InChI=1S/C12H23N3O.ClH/c1-15-7-3-5-11(15)9-14-12(16)10-4-2-6-13-8-10;/h10-11,13H,2-9H2,1H3,(H,14,16);1H/t10-,11?;/m1./s1. The molecule has 0 aliphatic carbocycles. The fourth-order valence-electron chi connectivity index (χ4n) is 2.68. The summed E-state index contributed by atoms with van der Waals surface area (Å²) < 4.78 is 0. The van der Waals surface area contributed by atoms with Gasteiger partial charge in [-0.2, -0.15) is 0 Å². The Kier molecular flexibility index (Phi) is 6.23. The number of likely N-dealkylation sites (N-methyl/N-ethyl adjacent to an activating group) is 1. The molecule has 100 valence electrons. The van der Waals surface area contributed by atoms with E-state index in [-0.39, 0.29) is 24.2 Å². The Morgan fingerprint density at radius 3 is 2.82 bits per heavy atom. The highest BCUT2D eigenvalue weighted by atomic mass is 35.5. The van der Waals surface area contributed by atoms with E-state index in [1.54, 1.807) is 0 Å². The van der Waals surface area contributed by atoms with Crippen molar-refractivity contribution >= 4 is 18.3 Å². The number of hydrogen-bond acceptors (Lipinski definition) is 3. The van der Waals surface area contributed by atoms with Crippen molar-refractivity contribution in [3.63, 3.8) is 0 Å². The quantitative estimate of drug-likeness (QED) is 0.783. The van der Waals surface area contributed by atoms with E-state index in [0.29, 0.717) is 6.04 Å². The van der Waals surface area contributed by atoms with E-state index in [9.17, 15) is 4.79 Å². The molecule has 0 bridgehead atoms. The molecular weight excluding hydrogens is 238 g/mol. The number of carbonyl (C=O) groups excluding carboxylic acids is 1. The molecule has 2 aliphatic heterocycles. The molecule has 0 radical (unpaired) electrons. The van der Waals surface area contributed by atoms with Gasteiger partial charge in [0.2, 0.25) is 5.91 Å². The fourth-order valence-corrected chi connectivity index (χ4v) is 2.68. The lowest BCUT2D eigenvalue weighted by Crippen LogP contribution is -2.44. The van der Waals surface area contributed by atoms with E-state index < -0.39 is 0 Å². The molecule has 4 nitrogen and oxygen atoms in total. The van der Waals surface area contributed by atoms with Crippen LogP contribution >= 0.6 is 12.4 Å². The van der Waals surface area contributed by atoms with Crippen LogP contribution in [0.25, 0.3) is 0 Å². The minimum absolute atomic E-state index is 0. The molecule has 0 aromatic heterocycles. The Morgan fingerprint density at radius 1 is 1.41 bits per heavy atom. The molecule has 17 heavy (non-hydrogen) atoms. The van der Waals surface area contributed by atoms with Crippen molar-refractivity contribution in [2.45, 2.75) is 31.7 Å². The first-order chi connectivity index (χ1) is 7.77. The predicted molar refractivity (Wildman–Crippen MR) is 71.5 cm³/mol. The molecule has 2 saturated heterocycles. The Morgan fingerprint density at radius 2 is 2.24 bits per heavy atom. The zero-order valence-electron chi connectivity index (χ0n) is 10.6. The molecule has 0 saturated carbocycles. The van der Waals surface area contributed by atoms with Crippen molar-refractivity contribution in [1.82, 2.24) is 15.5 Å². The summed E-state index contributed by atoms with van der Waals surface area (Å²) in [5.74, 6) is 0.438. The second kappa shape index (κ2) is 7.19. The minimum Gasteiger partial charge on any atom is -0.354 e. The molecule has 1 amide bonds. The smallest absolute Gasteiger partial charge is 0.224 e. The topological polar surface area (TPSA) is 44.4 Å². The van der Waals surface area contributed by atoms with E-state index in [2.05, 4.69) is 22.6 Å². The monoisotopic (exact) mass is 261 g/mol. The van der Waals surface area contributed by atoms with Crippen molar-refractivity contribution in [3.8, 4) is 0 Å². The molecule has 2 heterocycles. The van der Waals surface area contributed by atoms with Crippen LogP contribution in [-0.4, -0.2) is 50.1 Å². The summed E-state index contributed by atoms with van der Waals surface area (Å²) in [6, 6.07) is 0.556. The number of hydrogen-bond donors (Lipinski definition) is 2. The summed E-state index contributed by atoms with van der Waals surface area (Å²) >= 11 is 0. The molecule has 0 spiro atoms. The van der Waals surface area contributed by atoms with Gasteiger partial charge in [0.05, 0.1) is 5.92 Å². The minimum atomic E-state index is 0. The lowest BCUT2D eigenvalue weighted by molar-refractivity contribution is -0.125. The van der Waals surface area contributed by atoms with E-state index in [4.69, 9.17) is 0 Å². The molecule has 0 aromatic carbocycles. The Hall–Kier alpha value is -0.320. The largest absolute Gasteiger partial charge is 0.354 e. The van der Waals surface area contributed by atoms with Crippen LogP contribution in [0.3, 0.4) is 0 Å². The van der Waals surface area contributed by atoms with E-state index in [1.807, 2.05) is 0 Å². The van der Waals surface area contributed by atoms with Gasteiger partial charge >= 0.3 is 0 Å². The fraction of sp³-hybridized carbons (Fsp3) is 0.917. The normalized spacial score (nSPS) is 29.7. The van der Waals surface area contributed by atoms with Crippen LogP contribution in [0.5, 0.6) is 0 Å². The maximum absolute atomic E-state index is 11.9. The molecule has 2 aliphatic rings. The molecule has 2 atom stereocenters. The average molecular weight is 262 g/mol. The van der Waals surface area contributed by atoms with Crippen LogP contribution in [-0.2, 0) is 4.79 Å². The average Bonchev–Trinajstić information content (AvgIpc) is 2.73. The number of rotatable bonds is 3. The SMILES string of the molecule is CN1CCCC1CNC(=O)[C@@H]1CCCNC1.Cl. The molecule has 2 N–H and O–H groups in total. The van der Waals surface area contributed by atoms with Gasteiger partial charge in [-0.05, 0) is 45.8 Å². The van der Waals surface area contributed by atoms with Crippen LogP contribution in [0.15, 0.2) is 0 Å². The second-order valence-electron chi connectivity index (χ2n) is 5.07. The third kappa shape index (κ3) is 4.12. The van der Waals surface area contributed by atoms with Crippen molar-refractivity contribution in [2.24, 2.45) is 5.92 Å². The van der Waals surface area contributed by atoms with E-state index >= 15 is 0 Å². The number of piperidine rings is 1. The maximum atomic E-state index is 11.9. The number of halogens is 1. The summed E-state index contributed by atoms with van der Waals surface area (Å²) in [5.41, 5.74) is 0. The first-order valence-electron chi connectivity index (χ1n) is 6.46. The van der Waals surface area contributed by atoms with E-state index in [0.717, 1.165) is 32.5 Å². The number of nitrogens with zero attached hydrogens (tertiary/aromatic N) is 1.